The number of rotatable bonds is 10. The van der Waals surface area contributed by atoms with Crippen LogP contribution in [0, 0.1) is 0 Å². The van der Waals surface area contributed by atoms with E-state index in [-0.39, 0.29) is 11.7 Å². The number of carbonyl (C=O) groups is 1. The molecule has 8 heteroatoms. The van der Waals surface area contributed by atoms with E-state index in [9.17, 15) is 4.79 Å². The SMILES string of the molecule is CCc1ccc(-n2c(SCC(=O)Nc3ccc(N(CC)CC)cc3)nnc2-c2ccncc2)cc1. The highest BCUT2D eigenvalue weighted by atomic mass is 32.2. The first-order valence-corrected chi connectivity index (χ1v) is 12.8. The van der Waals surface area contributed by atoms with Crippen molar-refractivity contribution in [2.75, 3.05) is 29.1 Å². The quantitative estimate of drug-likeness (QED) is 0.300. The number of benzene rings is 2. The second-order valence-corrected chi connectivity index (χ2v) is 8.90. The molecular formula is C27H30N6OS. The van der Waals surface area contributed by atoms with Gasteiger partial charge < -0.3 is 10.2 Å². The van der Waals surface area contributed by atoms with Gasteiger partial charge in [-0.15, -0.1) is 10.2 Å². The van der Waals surface area contributed by atoms with Crippen LogP contribution in [-0.2, 0) is 11.2 Å². The lowest BCUT2D eigenvalue weighted by Crippen LogP contribution is -2.21. The Morgan fingerprint density at radius 1 is 0.914 bits per heavy atom. The number of hydrogen-bond donors (Lipinski definition) is 1. The zero-order valence-electron chi connectivity index (χ0n) is 20.3. The average Bonchev–Trinajstić information content (AvgIpc) is 3.34. The minimum absolute atomic E-state index is 0.0908. The Morgan fingerprint density at radius 2 is 1.60 bits per heavy atom. The van der Waals surface area contributed by atoms with Crippen molar-refractivity contribution in [3.8, 4) is 17.1 Å². The smallest absolute Gasteiger partial charge is 0.234 e. The van der Waals surface area contributed by atoms with E-state index in [4.69, 9.17) is 0 Å². The molecule has 4 rings (SSSR count). The fraction of sp³-hybridized carbons (Fsp3) is 0.259. The highest BCUT2D eigenvalue weighted by Gasteiger charge is 2.17. The number of hydrogen-bond acceptors (Lipinski definition) is 6. The van der Waals surface area contributed by atoms with Gasteiger partial charge in [0.15, 0.2) is 11.0 Å². The molecule has 0 aliphatic rings. The second-order valence-electron chi connectivity index (χ2n) is 7.95. The van der Waals surface area contributed by atoms with Crippen LogP contribution in [0.5, 0.6) is 0 Å². The number of amides is 1. The number of nitrogens with one attached hydrogen (secondary N) is 1. The van der Waals surface area contributed by atoms with Gasteiger partial charge in [-0.2, -0.15) is 0 Å². The van der Waals surface area contributed by atoms with E-state index in [0.717, 1.165) is 42.1 Å². The van der Waals surface area contributed by atoms with Gasteiger partial charge in [0.05, 0.1) is 5.75 Å². The largest absolute Gasteiger partial charge is 0.372 e. The third-order valence-corrected chi connectivity index (χ3v) is 6.72. The fourth-order valence-electron chi connectivity index (χ4n) is 3.84. The summed E-state index contributed by atoms with van der Waals surface area (Å²) < 4.78 is 1.99. The minimum atomic E-state index is -0.0908. The fourth-order valence-corrected chi connectivity index (χ4v) is 4.59. The molecule has 35 heavy (non-hydrogen) atoms. The molecule has 2 heterocycles. The molecule has 0 spiro atoms. The van der Waals surface area contributed by atoms with Crippen LogP contribution in [-0.4, -0.2) is 44.5 Å². The number of anilines is 2. The molecule has 1 amide bonds. The van der Waals surface area contributed by atoms with Crippen molar-refractivity contribution in [3.05, 3.63) is 78.6 Å². The van der Waals surface area contributed by atoms with Crippen molar-refractivity contribution in [3.63, 3.8) is 0 Å². The molecule has 2 aromatic carbocycles. The lowest BCUT2D eigenvalue weighted by Gasteiger charge is -2.21. The molecule has 0 unspecified atom stereocenters. The van der Waals surface area contributed by atoms with E-state index >= 15 is 0 Å². The van der Waals surface area contributed by atoms with E-state index in [0.29, 0.717) is 11.0 Å². The van der Waals surface area contributed by atoms with Crippen LogP contribution in [0.25, 0.3) is 17.1 Å². The highest BCUT2D eigenvalue weighted by Crippen LogP contribution is 2.28. The van der Waals surface area contributed by atoms with Crippen LogP contribution < -0.4 is 10.2 Å². The van der Waals surface area contributed by atoms with Crippen molar-refractivity contribution >= 4 is 29.0 Å². The molecular weight excluding hydrogens is 456 g/mol. The molecule has 0 saturated carbocycles. The first-order valence-electron chi connectivity index (χ1n) is 11.9. The van der Waals surface area contributed by atoms with Crippen LogP contribution >= 0.6 is 11.8 Å². The Bertz CT molecular complexity index is 1240. The number of nitrogens with zero attached hydrogens (tertiary/aromatic N) is 5. The Morgan fingerprint density at radius 3 is 2.23 bits per heavy atom. The van der Waals surface area contributed by atoms with Gasteiger partial charge in [0, 0.05) is 48.1 Å². The summed E-state index contributed by atoms with van der Waals surface area (Å²) >= 11 is 1.36. The molecule has 0 fully saturated rings. The van der Waals surface area contributed by atoms with E-state index in [2.05, 4.69) is 70.4 Å². The topological polar surface area (TPSA) is 75.9 Å². The zero-order valence-corrected chi connectivity index (χ0v) is 21.1. The molecule has 0 aliphatic heterocycles. The first-order chi connectivity index (χ1) is 17.1. The Kier molecular flexibility index (Phi) is 8.15. The molecule has 0 saturated heterocycles. The molecule has 0 bridgehead atoms. The van der Waals surface area contributed by atoms with Crippen molar-refractivity contribution in [1.29, 1.82) is 0 Å². The molecule has 4 aromatic rings. The van der Waals surface area contributed by atoms with Crippen molar-refractivity contribution in [2.45, 2.75) is 32.3 Å². The number of aromatic nitrogens is 4. The number of pyridine rings is 1. The summed E-state index contributed by atoms with van der Waals surface area (Å²) in [5, 5.41) is 12.5. The number of carbonyl (C=O) groups excluding carboxylic acids is 1. The standard InChI is InChI=1S/C27H30N6OS/c1-4-20-7-11-24(12-8-20)33-26(21-15-17-28-18-16-21)30-31-27(33)35-19-25(34)29-22-9-13-23(14-10-22)32(5-2)6-3/h7-18H,4-6,19H2,1-3H3,(H,29,34). The summed E-state index contributed by atoms with van der Waals surface area (Å²) in [5.41, 5.74) is 5.05. The van der Waals surface area contributed by atoms with Crippen LogP contribution in [0.4, 0.5) is 11.4 Å². The van der Waals surface area contributed by atoms with Gasteiger partial charge in [-0.1, -0.05) is 30.8 Å². The minimum Gasteiger partial charge on any atom is -0.372 e. The van der Waals surface area contributed by atoms with Gasteiger partial charge in [-0.05, 0) is 74.4 Å². The van der Waals surface area contributed by atoms with E-state index in [1.165, 1.54) is 17.3 Å². The normalized spacial score (nSPS) is 10.8. The van der Waals surface area contributed by atoms with Crippen LogP contribution in [0.2, 0.25) is 0 Å². The number of aryl methyl sites for hydroxylation is 1. The van der Waals surface area contributed by atoms with Gasteiger partial charge in [-0.25, -0.2) is 0 Å². The van der Waals surface area contributed by atoms with Gasteiger partial charge >= 0.3 is 0 Å². The Labute approximate surface area is 210 Å². The molecule has 2 aromatic heterocycles. The zero-order chi connectivity index (χ0) is 24.6. The summed E-state index contributed by atoms with van der Waals surface area (Å²) in [5.74, 6) is 0.845. The third-order valence-electron chi connectivity index (χ3n) is 5.79. The Hall–Kier alpha value is -3.65. The van der Waals surface area contributed by atoms with Crippen LogP contribution in [0.15, 0.2) is 78.2 Å². The molecule has 7 nitrogen and oxygen atoms in total. The molecule has 180 valence electrons. The van der Waals surface area contributed by atoms with Gasteiger partial charge in [0.1, 0.15) is 0 Å². The third kappa shape index (κ3) is 5.89. The monoisotopic (exact) mass is 486 g/mol. The summed E-state index contributed by atoms with van der Waals surface area (Å²) in [7, 11) is 0. The van der Waals surface area contributed by atoms with Crippen LogP contribution in [0.1, 0.15) is 26.3 Å². The van der Waals surface area contributed by atoms with E-state index < -0.39 is 0 Å². The molecule has 0 atom stereocenters. The number of thioether (sulfide) groups is 1. The maximum absolute atomic E-state index is 12.7. The van der Waals surface area contributed by atoms with E-state index in [1.54, 1.807) is 12.4 Å². The average molecular weight is 487 g/mol. The summed E-state index contributed by atoms with van der Waals surface area (Å²) in [4.78, 5) is 19.1. The predicted molar refractivity (Wildman–Crippen MR) is 143 cm³/mol. The molecule has 0 aliphatic carbocycles. The van der Waals surface area contributed by atoms with E-state index in [1.807, 2.05) is 41.0 Å². The van der Waals surface area contributed by atoms with Crippen molar-refractivity contribution in [1.82, 2.24) is 19.7 Å². The summed E-state index contributed by atoms with van der Waals surface area (Å²) in [6, 6.07) is 20.1. The van der Waals surface area contributed by atoms with Crippen LogP contribution in [0.3, 0.4) is 0 Å². The van der Waals surface area contributed by atoms with Gasteiger partial charge in [0.2, 0.25) is 5.91 Å². The molecule has 0 radical (unpaired) electrons. The van der Waals surface area contributed by atoms with Crippen molar-refractivity contribution in [2.24, 2.45) is 0 Å². The Balaban J connectivity index is 1.51. The summed E-state index contributed by atoms with van der Waals surface area (Å²) in [6.07, 6.45) is 4.44. The van der Waals surface area contributed by atoms with Gasteiger partial charge in [0.25, 0.3) is 0 Å². The maximum atomic E-state index is 12.7. The lowest BCUT2D eigenvalue weighted by molar-refractivity contribution is -0.113. The summed E-state index contributed by atoms with van der Waals surface area (Å²) in [6.45, 7) is 8.29. The predicted octanol–water partition coefficient (Wildman–Crippen LogP) is 5.47. The maximum Gasteiger partial charge on any atom is 0.234 e. The second kappa shape index (κ2) is 11.7. The highest BCUT2D eigenvalue weighted by molar-refractivity contribution is 7.99. The van der Waals surface area contributed by atoms with Gasteiger partial charge in [-0.3, -0.25) is 14.3 Å². The van der Waals surface area contributed by atoms with Crippen molar-refractivity contribution < 1.29 is 4.79 Å². The molecule has 1 N–H and O–H groups in total. The lowest BCUT2D eigenvalue weighted by atomic mass is 10.1. The first kappa shape index (κ1) is 24.5.